The van der Waals surface area contributed by atoms with Gasteiger partial charge in [-0.2, -0.15) is 0 Å². The smallest absolute Gasteiger partial charge is 0.0728 e. The number of hydrogen-bond donors (Lipinski definition) is 1. The van der Waals surface area contributed by atoms with Gasteiger partial charge in [-0.25, -0.2) is 0 Å². The summed E-state index contributed by atoms with van der Waals surface area (Å²) in [5.41, 5.74) is 0. The van der Waals surface area contributed by atoms with Crippen LogP contribution < -0.4 is 5.32 Å². The van der Waals surface area contributed by atoms with E-state index in [4.69, 9.17) is 4.74 Å². The van der Waals surface area contributed by atoms with E-state index in [0.717, 1.165) is 6.61 Å². The maximum Gasteiger partial charge on any atom is 0.0728 e. The van der Waals surface area contributed by atoms with Gasteiger partial charge in [0.25, 0.3) is 0 Å². The molecule has 0 amide bonds. The highest BCUT2D eigenvalue weighted by molar-refractivity contribution is 4.81. The molecular formula is C14H29NO. The highest BCUT2D eigenvalue weighted by atomic mass is 16.5. The van der Waals surface area contributed by atoms with E-state index in [1.165, 1.54) is 44.9 Å². The van der Waals surface area contributed by atoms with Crippen molar-refractivity contribution >= 4 is 0 Å². The fraction of sp³-hybridized carbons (Fsp3) is 1.00. The molecule has 0 aliphatic carbocycles. The summed E-state index contributed by atoms with van der Waals surface area (Å²) in [5, 5.41) is 3.74. The van der Waals surface area contributed by atoms with E-state index in [2.05, 4.69) is 26.1 Å². The summed E-state index contributed by atoms with van der Waals surface area (Å²) in [6.45, 7) is 7.80. The molecule has 0 radical (unpaired) electrons. The van der Waals surface area contributed by atoms with Crippen LogP contribution in [-0.4, -0.2) is 24.8 Å². The Balaban J connectivity index is 2.20. The van der Waals surface area contributed by atoms with Gasteiger partial charge in [0.05, 0.1) is 6.10 Å². The molecule has 2 nitrogen and oxygen atoms in total. The molecule has 0 aromatic heterocycles. The van der Waals surface area contributed by atoms with E-state index in [-0.39, 0.29) is 0 Å². The van der Waals surface area contributed by atoms with Crippen molar-refractivity contribution in [2.45, 2.75) is 83.9 Å². The molecule has 1 aliphatic heterocycles. The molecule has 1 rings (SSSR count). The quantitative estimate of drug-likeness (QED) is 0.641. The third-order valence-corrected chi connectivity index (χ3v) is 3.59. The Morgan fingerprint density at radius 3 is 2.69 bits per heavy atom. The van der Waals surface area contributed by atoms with Crippen molar-refractivity contribution in [3.63, 3.8) is 0 Å². The Labute approximate surface area is 101 Å². The second-order valence-electron chi connectivity index (χ2n) is 5.13. The molecule has 2 heteroatoms. The van der Waals surface area contributed by atoms with Crippen LogP contribution in [0.2, 0.25) is 0 Å². The zero-order valence-electron chi connectivity index (χ0n) is 11.3. The molecule has 3 unspecified atom stereocenters. The molecule has 1 fully saturated rings. The molecule has 0 bridgehead atoms. The Bertz CT molecular complexity index is 166. The van der Waals surface area contributed by atoms with Crippen LogP contribution in [-0.2, 0) is 4.74 Å². The lowest BCUT2D eigenvalue weighted by molar-refractivity contribution is 0.0730. The first-order valence-electron chi connectivity index (χ1n) is 7.15. The molecule has 1 aliphatic rings. The lowest BCUT2D eigenvalue weighted by atomic mass is 10.0. The van der Waals surface area contributed by atoms with Gasteiger partial charge in [-0.1, -0.05) is 33.1 Å². The topological polar surface area (TPSA) is 21.3 Å². The third kappa shape index (κ3) is 4.84. The van der Waals surface area contributed by atoms with Crippen molar-refractivity contribution in [3.8, 4) is 0 Å². The second kappa shape index (κ2) is 8.08. The maximum absolute atomic E-state index is 5.77. The minimum atomic E-state index is 0.471. The van der Waals surface area contributed by atoms with Gasteiger partial charge >= 0.3 is 0 Å². The second-order valence-corrected chi connectivity index (χ2v) is 5.13. The fourth-order valence-corrected chi connectivity index (χ4v) is 2.56. The van der Waals surface area contributed by atoms with Crippen LogP contribution in [0, 0.1) is 0 Å². The van der Waals surface area contributed by atoms with Gasteiger partial charge in [-0.15, -0.1) is 0 Å². The van der Waals surface area contributed by atoms with Gasteiger partial charge in [0.15, 0.2) is 0 Å². The van der Waals surface area contributed by atoms with Gasteiger partial charge in [-0.05, 0) is 32.6 Å². The van der Waals surface area contributed by atoms with E-state index < -0.39 is 0 Å². The van der Waals surface area contributed by atoms with E-state index >= 15 is 0 Å². The van der Waals surface area contributed by atoms with Crippen LogP contribution in [0.4, 0.5) is 0 Å². The summed E-state index contributed by atoms with van der Waals surface area (Å²) in [6, 6.07) is 1.21. The minimum Gasteiger partial charge on any atom is -0.377 e. The van der Waals surface area contributed by atoms with Crippen molar-refractivity contribution in [1.29, 1.82) is 0 Å². The Morgan fingerprint density at radius 1 is 1.31 bits per heavy atom. The molecule has 16 heavy (non-hydrogen) atoms. The summed E-state index contributed by atoms with van der Waals surface area (Å²) in [5.74, 6) is 0. The van der Waals surface area contributed by atoms with Gasteiger partial charge in [-0.3, -0.25) is 0 Å². The van der Waals surface area contributed by atoms with Gasteiger partial charge in [0.2, 0.25) is 0 Å². The molecule has 3 atom stereocenters. The molecule has 0 aromatic carbocycles. The summed E-state index contributed by atoms with van der Waals surface area (Å²) in [7, 11) is 0. The summed E-state index contributed by atoms with van der Waals surface area (Å²) in [4.78, 5) is 0. The van der Waals surface area contributed by atoms with Crippen molar-refractivity contribution in [2.24, 2.45) is 0 Å². The summed E-state index contributed by atoms with van der Waals surface area (Å²) >= 11 is 0. The SMILES string of the molecule is CCCCCC(C)NC(CC)C1CCCO1. The van der Waals surface area contributed by atoms with Crippen LogP contribution in [0.1, 0.15) is 65.7 Å². The third-order valence-electron chi connectivity index (χ3n) is 3.59. The van der Waals surface area contributed by atoms with Crippen LogP contribution in [0.5, 0.6) is 0 Å². The first kappa shape index (κ1) is 14.0. The normalized spacial score (nSPS) is 24.6. The predicted molar refractivity (Wildman–Crippen MR) is 69.8 cm³/mol. The molecule has 0 saturated carbocycles. The molecule has 0 spiro atoms. The number of nitrogens with one attached hydrogen (secondary N) is 1. The lowest BCUT2D eigenvalue weighted by Crippen LogP contribution is -2.43. The number of hydrogen-bond acceptors (Lipinski definition) is 2. The van der Waals surface area contributed by atoms with Crippen molar-refractivity contribution in [1.82, 2.24) is 5.32 Å². The molecule has 1 heterocycles. The van der Waals surface area contributed by atoms with Gasteiger partial charge in [0, 0.05) is 18.7 Å². The average Bonchev–Trinajstić information content (AvgIpc) is 2.79. The van der Waals surface area contributed by atoms with Crippen LogP contribution in [0.15, 0.2) is 0 Å². The predicted octanol–water partition coefficient (Wildman–Crippen LogP) is 3.50. The van der Waals surface area contributed by atoms with Crippen molar-refractivity contribution in [3.05, 3.63) is 0 Å². The molecule has 1 saturated heterocycles. The average molecular weight is 227 g/mol. The lowest BCUT2D eigenvalue weighted by Gasteiger charge is -2.26. The van der Waals surface area contributed by atoms with Gasteiger partial charge < -0.3 is 10.1 Å². The zero-order valence-corrected chi connectivity index (χ0v) is 11.3. The molecule has 1 N–H and O–H groups in total. The largest absolute Gasteiger partial charge is 0.377 e. The summed E-state index contributed by atoms with van der Waals surface area (Å²) in [6.07, 6.45) is 9.48. The molecular weight excluding hydrogens is 198 g/mol. The molecule has 0 aromatic rings. The fourth-order valence-electron chi connectivity index (χ4n) is 2.56. The van der Waals surface area contributed by atoms with E-state index in [9.17, 15) is 0 Å². The van der Waals surface area contributed by atoms with Crippen molar-refractivity contribution < 1.29 is 4.74 Å². The van der Waals surface area contributed by atoms with E-state index in [0.29, 0.717) is 18.2 Å². The maximum atomic E-state index is 5.77. The van der Waals surface area contributed by atoms with Crippen molar-refractivity contribution in [2.75, 3.05) is 6.61 Å². The number of rotatable bonds is 8. The molecule has 96 valence electrons. The first-order chi connectivity index (χ1) is 7.77. The Kier molecular flexibility index (Phi) is 7.06. The van der Waals surface area contributed by atoms with Crippen LogP contribution in [0.3, 0.4) is 0 Å². The first-order valence-corrected chi connectivity index (χ1v) is 7.15. The monoisotopic (exact) mass is 227 g/mol. The Hall–Kier alpha value is -0.0800. The number of unbranched alkanes of at least 4 members (excludes halogenated alkanes) is 2. The minimum absolute atomic E-state index is 0.471. The van der Waals surface area contributed by atoms with E-state index in [1.54, 1.807) is 0 Å². The summed E-state index contributed by atoms with van der Waals surface area (Å²) < 4.78 is 5.77. The highest BCUT2D eigenvalue weighted by Crippen LogP contribution is 2.18. The highest BCUT2D eigenvalue weighted by Gasteiger charge is 2.25. The van der Waals surface area contributed by atoms with Crippen LogP contribution in [0.25, 0.3) is 0 Å². The van der Waals surface area contributed by atoms with Gasteiger partial charge in [0.1, 0.15) is 0 Å². The van der Waals surface area contributed by atoms with E-state index in [1.807, 2.05) is 0 Å². The standard InChI is InChI=1S/C14H29NO/c1-4-6-7-9-12(3)15-13(5-2)14-10-8-11-16-14/h12-15H,4-11H2,1-3H3. The zero-order chi connectivity index (χ0) is 11.8. The van der Waals surface area contributed by atoms with Crippen LogP contribution >= 0.6 is 0 Å². The Morgan fingerprint density at radius 2 is 2.12 bits per heavy atom. The number of ether oxygens (including phenoxy) is 1.